The lowest BCUT2D eigenvalue weighted by molar-refractivity contribution is 0.357. The second kappa shape index (κ2) is 5.56. The maximum absolute atomic E-state index is 5.79. The molecule has 2 aromatic rings. The van der Waals surface area contributed by atoms with Gasteiger partial charge in [0, 0.05) is 10.9 Å². The molecule has 0 saturated heterocycles. The molecule has 0 amide bonds. The maximum atomic E-state index is 5.79. The van der Waals surface area contributed by atoms with Crippen LogP contribution in [0.15, 0.2) is 40.9 Å². The second-order valence-electron chi connectivity index (χ2n) is 5.09. The second-order valence-corrected chi connectivity index (χ2v) is 5.94. The molecular formula is C16H17BrN2O. The van der Waals surface area contributed by atoms with Crippen molar-refractivity contribution in [2.75, 3.05) is 6.61 Å². The van der Waals surface area contributed by atoms with E-state index in [0.717, 1.165) is 34.4 Å². The SMILES string of the molecule is Cc1ccc(C(NN)c2ccc3c(c2)CCO3)c(Br)c1. The van der Waals surface area contributed by atoms with Crippen LogP contribution in [0.1, 0.15) is 28.3 Å². The van der Waals surface area contributed by atoms with Crippen LogP contribution in [0.2, 0.25) is 0 Å². The lowest BCUT2D eigenvalue weighted by Crippen LogP contribution is -2.29. The molecule has 3 rings (SSSR count). The number of benzene rings is 2. The van der Waals surface area contributed by atoms with Crippen molar-refractivity contribution >= 4 is 15.9 Å². The highest BCUT2D eigenvalue weighted by molar-refractivity contribution is 9.10. The number of hydrogen-bond acceptors (Lipinski definition) is 3. The molecule has 3 N–H and O–H groups in total. The first-order valence-corrected chi connectivity index (χ1v) is 7.46. The highest BCUT2D eigenvalue weighted by atomic mass is 79.9. The zero-order valence-electron chi connectivity index (χ0n) is 11.3. The van der Waals surface area contributed by atoms with Gasteiger partial charge in [0.05, 0.1) is 12.6 Å². The van der Waals surface area contributed by atoms with Gasteiger partial charge in [-0.2, -0.15) is 0 Å². The molecule has 2 aromatic carbocycles. The minimum atomic E-state index is -0.0316. The molecule has 0 fully saturated rings. The first kappa shape index (κ1) is 13.6. The lowest BCUT2D eigenvalue weighted by Gasteiger charge is -2.19. The quantitative estimate of drug-likeness (QED) is 0.670. The minimum Gasteiger partial charge on any atom is -0.493 e. The van der Waals surface area contributed by atoms with Crippen molar-refractivity contribution in [1.82, 2.24) is 5.43 Å². The van der Waals surface area contributed by atoms with Crippen LogP contribution in [-0.2, 0) is 6.42 Å². The molecule has 1 aliphatic heterocycles. The first-order chi connectivity index (χ1) is 9.69. The zero-order valence-corrected chi connectivity index (χ0v) is 12.9. The van der Waals surface area contributed by atoms with Crippen LogP contribution in [0.4, 0.5) is 0 Å². The summed E-state index contributed by atoms with van der Waals surface area (Å²) < 4.78 is 6.62. The highest BCUT2D eigenvalue weighted by Crippen LogP contribution is 2.33. The van der Waals surface area contributed by atoms with E-state index in [-0.39, 0.29) is 6.04 Å². The van der Waals surface area contributed by atoms with Crippen LogP contribution in [0.25, 0.3) is 0 Å². The van der Waals surface area contributed by atoms with Gasteiger partial charge in [-0.05, 0) is 41.3 Å². The highest BCUT2D eigenvalue weighted by Gasteiger charge is 2.19. The Balaban J connectivity index is 2.01. The Morgan fingerprint density at radius 1 is 1.25 bits per heavy atom. The molecule has 0 spiro atoms. The van der Waals surface area contributed by atoms with E-state index in [0.29, 0.717) is 0 Å². The lowest BCUT2D eigenvalue weighted by atomic mass is 9.96. The van der Waals surface area contributed by atoms with E-state index in [1.807, 2.05) is 6.07 Å². The Bertz CT molecular complexity index is 642. The van der Waals surface area contributed by atoms with Gasteiger partial charge < -0.3 is 4.74 Å². The van der Waals surface area contributed by atoms with Crippen molar-refractivity contribution in [2.24, 2.45) is 5.84 Å². The molecule has 0 radical (unpaired) electrons. The molecule has 1 aliphatic rings. The van der Waals surface area contributed by atoms with Crippen LogP contribution in [-0.4, -0.2) is 6.61 Å². The monoisotopic (exact) mass is 332 g/mol. The summed E-state index contributed by atoms with van der Waals surface area (Å²) in [7, 11) is 0. The van der Waals surface area contributed by atoms with Gasteiger partial charge in [-0.3, -0.25) is 5.84 Å². The van der Waals surface area contributed by atoms with Crippen LogP contribution in [0, 0.1) is 6.92 Å². The predicted molar refractivity (Wildman–Crippen MR) is 83.7 cm³/mol. The Morgan fingerprint density at radius 3 is 2.85 bits per heavy atom. The molecule has 0 saturated carbocycles. The minimum absolute atomic E-state index is 0.0316. The smallest absolute Gasteiger partial charge is 0.122 e. The number of hydrogen-bond donors (Lipinski definition) is 2. The first-order valence-electron chi connectivity index (χ1n) is 6.67. The molecule has 0 aromatic heterocycles. The van der Waals surface area contributed by atoms with Crippen molar-refractivity contribution < 1.29 is 4.74 Å². The Labute approximate surface area is 127 Å². The van der Waals surface area contributed by atoms with E-state index in [9.17, 15) is 0 Å². The van der Waals surface area contributed by atoms with Crippen molar-refractivity contribution in [3.63, 3.8) is 0 Å². The van der Waals surface area contributed by atoms with Crippen molar-refractivity contribution in [3.05, 3.63) is 63.1 Å². The van der Waals surface area contributed by atoms with Gasteiger partial charge >= 0.3 is 0 Å². The largest absolute Gasteiger partial charge is 0.493 e. The fourth-order valence-electron chi connectivity index (χ4n) is 2.62. The van der Waals surface area contributed by atoms with Gasteiger partial charge in [-0.15, -0.1) is 0 Å². The number of hydrazine groups is 1. The average Bonchev–Trinajstić information content (AvgIpc) is 2.89. The summed E-state index contributed by atoms with van der Waals surface area (Å²) in [5, 5.41) is 0. The number of nitrogens with two attached hydrogens (primary N) is 1. The summed E-state index contributed by atoms with van der Waals surface area (Å²) in [6, 6.07) is 12.6. The number of rotatable bonds is 3. The van der Waals surface area contributed by atoms with Crippen LogP contribution < -0.4 is 16.0 Å². The standard InChI is InChI=1S/C16H17BrN2O/c1-10-2-4-13(14(17)8-10)16(19-18)12-3-5-15-11(9-12)6-7-20-15/h2-5,8-9,16,19H,6-7,18H2,1H3. The maximum Gasteiger partial charge on any atom is 0.122 e. The Morgan fingerprint density at radius 2 is 2.10 bits per heavy atom. The summed E-state index contributed by atoms with van der Waals surface area (Å²) in [5.74, 6) is 6.78. The molecular weight excluding hydrogens is 316 g/mol. The third kappa shape index (κ3) is 2.46. The van der Waals surface area contributed by atoms with Crippen molar-refractivity contribution in [1.29, 1.82) is 0 Å². The molecule has 1 unspecified atom stereocenters. The van der Waals surface area contributed by atoms with Crippen LogP contribution in [0.5, 0.6) is 5.75 Å². The summed E-state index contributed by atoms with van der Waals surface area (Å²) in [5.41, 5.74) is 7.68. The summed E-state index contributed by atoms with van der Waals surface area (Å²) in [6.45, 7) is 2.85. The molecule has 0 bridgehead atoms. The fraction of sp³-hybridized carbons (Fsp3) is 0.250. The van der Waals surface area contributed by atoms with Gasteiger partial charge in [0.15, 0.2) is 0 Å². The summed E-state index contributed by atoms with van der Waals surface area (Å²) in [4.78, 5) is 0. The topological polar surface area (TPSA) is 47.3 Å². The van der Waals surface area contributed by atoms with E-state index >= 15 is 0 Å². The summed E-state index contributed by atoms with van der Waals surface area (Å²) >= 11 is 3.63. The van der Waals surface area contributed by atoms with Gasteiger partial charge in [0.2, 0.25) is 0 Å². The van der Waals surface area contributed by atoms with Crippen molar-refractivity contribution in [2.45, 2.75) is 19.4 Å². The molecule has 20 heavy (non-hydrogen) atoms. The van der Waals surface area contributed by atoms with Crippen molar-refractivity contribution in [3.8, 4) is 5.75 Å². The Hall–Kier alpha value is -1.36. The fourth-order valence-corrected chi connectivity index (χ4v) is 3.34. The third-order valence-electron chi connectivity index (χ3n) is 3.68. The predicted octanol–water partition coefficient (Wildman–Crippen LogP) is 3.25. The number of fused-ring (bicyclic) bond motifs is 1. The van der Waals surface area contributed by atoms with Crippen LogP contribution in [0.3, 0.4) is 0 Å². The normalized spacial score (nSPS) is 14.8. The van der Waals surface area contributed by atoms with Gasteiger partial charge in [0.1, 0.15) is 5.75 Å². The van der Waals surface area contributed by atoms with E-state index in [1.54, 1.807) is 0 Å². The third-order valence-corrected chi connectivity index (χ3v) is 4.37. The zero-order chi connectivity index (χ0) is 14.1. The molecule has 1 heterocycles. The number of halogens is 1. The Kier molecular flexibility index (Phi) is 3.78. The summed E-state index contributed by atoms with van der Waals surface area (Å²) in [6.07, 6.45) is 0.968. The molecule has 4 heteroatoms. The average molecular weight is 333 g/mol. The van der Waals surface area contributed by atoms with Gasteiger partial charge in [0.25, 0.3) is 0 Å². The molecule has 0 aliphatic carbocycles. The van der Waals surface area contributed by atoms with Gasteiger partial charge in [-0.1, -0.05) is 40.2 Å². The molecule has 3 nitrogen and oxygen atoms in total. The van der Waals surface area contributed by atoms with E-state index in [1.165, 1.54) is 11.1 Å². The van der Waals surface area contributed by atoms with E-state index in [4.69, 9.17) is 10.6 Å². The number of aryl methyl sites for hydroxylation is 1. The van der Waals surface area contributed by atoms with E-state index < -0.39 is 0 Å². The number of nitrogens with one attached hydrogen (secondary N) is 1. The van der Waals surface area contributed by atoms with E-state index in [2.05, 4.69) is 58.6 Å². The number of ether oxygens (including phenoxy) is 1. The van der Waals surface area contributed by atoms with Crippen LogP contribution >= 0.6 is 15.9 Å². The van der Waals surface area contributed by atoms with Gasteiger partial charge in [-0.25, -0.2) is 5.43 Å². The molecule has 1 atom stereocenters. The molecule has 104 valence electrons.